The van der Waals surface area contributed by atoms with Crippen molar-refractivity contribution in [3.63, 3.8) is 0 Å². The van der Waals surface area contributed by atoms with Crippen LogP contribution in [0.5, 0.6) is 0 Å². The van der Waals surface area contributed by atoms with Crippen molar-refractivity contribution in [2.45, 2.75) is 63.2 Å². The molecule has 2 aromatic carbocycles. The van der Waals surface area contributed by atoms with Crippen LogP contribution in [0, 0.1) is 5.92 Å². The third kappa shape index (κ3) is 3.41. The number of quaternary nitrogens is 1. The molecule has 5 rings (SSSR count). The molecule has 2 fully saturated rings. The molecule has 0 saturated heterocycles. The summed E-state index contributed by atoms with van der Waals surface area (Å²) in [5, 5.41) is 20.7. The van der Waals surface area contributed by atoms with Gasteiger partial charge in [0.2, 0.25) is 5.91 Å². The predicted octanol–water partition coefficient (Wildman–Crippen LogP) is 5.04. The van der Waals surface area contributed by atoms with E-state index in [1.165, 1.54) is 0 Å². The van der Waals surface area contributed by atoms with Gasteiger partial charge in [0, 0.05) is 47.0 Å². The first-order chi connectivity index (χ1) is 16.3. The van der Waals surface area contributed by atoms with Gasteiger partial charge in [-0.25, -0.2) is 0 Å². The quantitative estimate of drug-likeness (QED) is 0.538. The van der Waals surface area contributed by atoms with E-state index in [-0.39, 0.29) is 37.3 Å². The lowest BCUT2D eigenvalue weighted by Crippen LogP contribution is -2.83. The third-order valence-corrected chi connectivity index (χ3v) is 8.08. The molecule has 7 nitrogen and oxygen atoms in total. The van der Waals surface area contributed by atoms with Gasteiger partial charge < -0.3 is 10.2 Å². The normalized spacial score (nSPS) is 27.1. The molecule has 1 heterocycles. The van der Waals surface area contributed by atoms with E-state index in [0.29, 0.717) is 23.6 Å². The van der Waals surface area contributed by atoms with Gasteiger partial charge in [0.15, 0.2) is 5.66 Å². The largest absolute Gasteiger partial charge is 0.521 e. The minimum Gasteiger partial charge on any atom is -0.481 e. The fourth-order valence-electron chi connectivity index (χ4n) is 6.23. The first-order valence-corrected chi connectivity index (χ1v) is 12.2. The maximum absolute atomic E-state index is 13.6. The van der Waals surface area contributed by atoms with E-state index in [1.807, 2.05) is 36.4 Å². The summed E-state index contributed by atoms with van der Waals surface area (Å²) in [6.45, 7) is 0.176. The van der Waals surface area contributed by atoms with Crippen LogP contribution in [0.3, 0.4) is 0 Å². The third-order valence-electron chi connectivity index (χ3n) is 7.84. The average Bonchev–Trinajstić information content (AvgIpc) is 3.62. The zero-order chi connectivity index (χ0) is 24.1. The molecule has 0 aromatic heterocycles. The van der Waals surface area contributed by atoms with Gasteiger partial charge in [0.1, 0.15) is 12.2 Å². The van der Waals surface area contributed by atoms with Crippen LogP contribution < -0.4 is 4.48 Å². The number of amides is 2. The van der Waals surface area contributed by atoms with Crippen LogP contribution in [0.25, 0.3) is 0 Å². The van der Waals surface area contributed by atoms with Gasteiger partial charge in [-0.3, -0.25) is 14.5 Å². The first kappa shape index (κ1) is 22.9. The minimum absolute atomic E-state index is 0.0321. The number of carbonyl (C=O) groups excluding carboxylic acids is 1. The lowest BCUT2D eigenvalue weighted by atomic mass is 9.63. The zero-order valence-electron chi connectivity index (χ0n) is 18.8. The first-order valence-electron chi connectivity index (χ1n) is 11.8. The van der Waals surface area contributed by atoms with Crippen LogP contribution in [0.2, 0.25) is 5.02 Å². The Labute approximate surface area is 203 Å². The second kappa shape index (κ2) is 8.40. The number of nitrogens with zero attached hydrogens (tertiary/aromatic N) is 2. The van der Waals surface area contributed by atoms with Crippen molar-refractivity contribution in [2.24, 2.45) is 5.92 Å². The van der Waals surface area contributed by atoms with Crippen LogP contribution in [-0.4, -0.2) is 44.8 Å². The molecular formula is C26H28ClN2O5+. The molecule has 2 saturated carbocycles. The van der Waals surface area contributed by atoms with Crippen molar-refractivity contribution in [1.29, 1.82) is 0 Å². The molecule has 0 unspecified atom stereocenters. The van der Waals surface area contributed by atoms with Gasteiger partial charge in [-0.1, -0.05) is 48.0 Å². The Bertz CT molecular complexity index is 1150. The summed E-state index contributed by atoms with van der Waals surface area (Å²) in [5.41, 5.74) is 1.44. The molecule has 0 bridgehead atoms. The number of benzene rings is 2. The topological polar surface area (TPSA) is 94.9 Å². The van der Waals surface area contributed by atoms with Gasteiger partial charge in [-0.15, -0.1) is 0 Å². The number of carboxylic acids is 1. The summed E-state index contributed by atoms with van der Waals surface area (Å²) in [5.74, 6) is -1.33. The molecule has 3 atom stereocenters. The number of carboxylic acid groups (broad SMARTS) is 2. The summed E-state index contributed by atoms with van der Waals surface area (Å²) in [6.07, 6.45) is 2.24. The van der Waals surface area contributed by atoms with Gasteiger partial charge in [-0.2, -0.15) is 9.28 Å². The van der Waals surface area contributed by atoms with E-state index in [4.69, 9.17) is 11.6 Å². The molecule has 178 valence electrons. The Morgan fingerprint density at radius 3 is 2.35 bits per heavy atom. The second-order valence-corrected chi connectivity index (χ2v) is 10.2. The fourth-order valence-corrected chi connectivity index (χ4v) is 6.40. The number of rotatable bonds is 7. The van der Waals surface area contributed by atoms with Crippen molar-refractivity contribution in [2.75, 3.05) is 0 Å². The lowest BCUT2D eigenvalue weighted by molar-refractivity contribution is -0.178. The molecule has 34 heavy (non-hydrogen) atoms. The van der Waals surface area contributed by atoms with Crippen molar-refractivity contribution in [3.05, 3.63) is 64.7 Å². The molecule has 8 heteroatoms. The van der Waals surface area contributed by atoms with E-state index < -0.39 is 22.2 Å². The van der Waals surface area contributed by atoms with Crippen molar-refractivity contribution >= 4 is 35.3 Å². The Balaban J connectivity index is 1.73. The van der Waals surface area contributed by atoms with Gasteiger partial charge in [0.25, 0.3) is 0 Å². The molecular weight excluding hydrogens is 456 g/mol. The smallest absolute Gasteiger partial charge is 0.481 e. The summed E-state index contributed by atoms with van der Waals surface area (Å²) < 4.78 is -0.424. The highest BCUT2D eigenvalue weighted by molar-refractivity contribution is 6.31. The number of aliphatic carboxylic acids is 1. The Hall–Kier alpha value is -2.90. The standard InChI is InChI=1S/C26H27ClN2O5/c27-20-7-6-18-14-19-12-13-26(19,28(21-8-9-21)23(30)10-11-24(31)32)29(25(33)34,22(18)15-20)16-17-4-2-1-3-5-17/h1-7,15,19,21H,8-14,16H2,(H-,31,32,33,34)/p+1/t19-,26-,29+/m1/s1. The Morgan fingerprint density at radius 1 is 1.03 bits per heavy atom. The van der Waals surface area contributed by atoms with Gasteiger partial charge in [0.05, 0.1) is 6.42 Å². The number of halogens is 1. The molecule has 0 spiro atoms. The molecule has 2 N–H and O–H groups in total. The molecule has 2 aromatic rings. The van der Waals surface area contributed by atoms with E-state index in [9.17, 15) is 24.6 Å². The Morgan fingerprint density at radius 2 is 1.76 bits per heavy atom. The number of hydrogen-bond donors (Lipinski definition) is 2. The molecule has 2 amide bonds. The van der Waals surface area contributed by atoms with Crippen LogP contribution in [0.15, 0.2) is 48.5 Å². The maximum atomic E-state index is 13.6. The van der Waals surface area contributed by atoms with E-state index >= 15 is 0 Å². The number of hydrogen-bond acceptors (Lipinski definition) is 3. The highest BCUT2D eigenvalue weighted by atomic mass is 35.5. The summed E-state index contributed by atoms with van der Waals surface area (Å²) in [7, 11) is 0. The van der Waals surface area contributed by atoms with E-state index in [2.05, 4.69) is 0 Å². The average molecular weight is 484 g/mol. The van der Waals surface area contributed by atoms with Crippen LogP contribution in [0.4, 0.5) is 10.5 Å². The maximum Gasteiger partial charge on any atom is 0.521 e. The fraction of sp³-hybridized carbons (Fsp3) is 0.423. The number of fused-ring (bicyclic) bond motifs is 2. The zero-order valence-corrected chi connectivity index (χ0v) is 19.6. The van der Waals surface area contributed by atoms with Crippen molar-refractivity contribution in [3.8, 4) is 0 Å². The molecule has 0 radical (unpaired) electrons. The predicted molar refractivity (Wildman–Crippen MR) is 127 cm³/mol. The lowest BCUT2D eigenvalue weighted by Gasteiger charge is -2.64. The molecule has 1 aliphatic heterocycles. The monoisotopic (exact) mass is 483 g/mol. The second-order valence-electron chi connectivity index (χ2n) is 9.72. The SMILES string of the molecule is O=C(O)CCC(=O)N(C1CC1)[C@@]12CC[C@@H]1Cc1ccc(Cl)cc1[N@@+]2(Cc1ccccc1)C(=O)O. The van der Waals surface area contributed by atoms with Crippen molar-refractivity contribution in [1.82, 2.24) is 9.38 Å². The van der Waals surface area contributed by atoms with E-state index in [1.54, 1.807) is 17.0 Å². The van der Waals surface area contributed by atoms with E-state index in [0.717, 1.165) is 30.4 Å². The molecule has 3 aliphatic rings. The summed E-state index contributed by atoms with van der Waals surface area (Å²) in [4.78, 5) is 40.1. The van der Waals surface area contributed by atoms with Crippen LogP contribution in [0.1, 0.15) is 49.7 Å². The molecule has 2 aliphatic carbocycles. The van der Waals surface area contributed by atoms with Crippen LogP contribution >= 0.6 is 11.6 Å². The highest BCUT2D eigenvalue weighted by Gasteiger charge is 2.74. The highest BCUT2D eigenvalue weighted by Crippen LogP contribution is 2.61. The van der Waals surface area contributed by atoms with Gasteiger partial charge >= 0.3 is 12.1 Å². The summed E-state index contributed by atoms with van der Waals surface area (Å²) in [6, 6.07) is 14.9. The van der Waals surface area contributed by atoms with Gasteiger partial charge in [-0.05, 0) is 31.7 Å². The summed E-state index contributed by atoms with van der Waals surface area (Å²) >= 11 is 6.41. The number of carbonyl (C=O) groups is 3. The van der Waals surface area contributed by atoms with Crippen LogP contribution in [-0.2, 0) is 22.6 Å². The Kier molecular flexibility index (Phi) is 5.65. The minimum atomic E-state index is -1.03. The van der Waals surface area contributed by atoms with Crippen molar-refractivity contribution < 1.29 is 24.6 Å².